The number of hydrogen-bond donors (Lipinski definition) is 3. The molecule has 0 spiro atoms. The zero-order chi connectivity index (χ0) is 15.8. The van der Waals surface area contributed by atoms with Crippen molar-refractivity contribution in [3.8, 4) is 0 Å². The number of carboxylic acids is 1. The third kappa shape index (κ3) is 5.33. The van der Waals surface area contributed by atoms with Gasteiger partial charge in [0.25, 0.3) is 0 Å². The highest BCUT2D eigenvalue weighted by Gasteiger charge is 2.22. The standard InChI is InChI=1S/C17H25NO3/c1-4-10-18-15(11-16(19)20)17(21)14-8-6-13(7-9-14)12(3)5-2/h4,6-9,12,15,17-18,21H,1,5,10-11H2,2-3H3,(H,19,20). The number of hydrogen-bond acceptors (Lipinski definition) is 3. The summed E-state index contributed by atoms with van der Waals surface area (Å²) in [4.78, 5) is 10.9. The third-order valence-electron chi connectivity index (χ3n) is 3.76. The van der Waals surface area contributed by atoms with E-state index in [2.05, 4.69) is 25.7 Å². The van der Waals surface area contributed by atoms with E-state index in [4.69, 9.17) is 5.11 Å². The first-order valence-electron chi connectivity index (χ1n) is 7.33. The van der Waals surface area contributed by atoms with Crippen LogP contribution in [0.25, 0.3) is 0 Å². The van der Waals surface area contributed by atoms with Crippen LogP contribution in [0.2, 0.25) is 0 Å². The number of nitrogens with one attached hydrogen (secondary N) is 1. The topological polar surface area (TPSA) is 69.6 Å². The summed E-state index contributed by atoms with van der Waals surface area (Å²) in [6, 6.07) is 7.21. The van der Waals surface area contributed by atoms with E-state index in [-0.39, 0.29) is 6.42 Å². The van der Waals surface area contributed by atoms with Crippen molar-refractivity contribution in [1.29, 1.82) is 0 Å². The number of carbonyl (C=O) groups is 1. The fourth-order valence-electron chi connectivity index (χ4n) is 2.21. The van der Waals surface area contributed by atoms with E-state index in [1.165, 1.54) is 5.56 Å². The van der Waals surface area contributed by atoms with Crippen LogP contribution in [0.4, 0.5) is 0 Å². The maximum Gasteiger partial charge on any atom is 0.305 e. The first-order valence-corrected chi connectivity index (χ1v) is 7.33. The number of aliphatic hydroxyl groups is 1. The Balaban J connectivity index is 2.84. The first-order chi connectivity index (χ1) is 9.99. The Morgan fingerprint density at radius 3 is 2.38 bits per heavy atom. The minimum Gasteiger partial charge on any atom is -0.481 e. The maximum atomic E-state index is 10.9. The van der Waals surface area contributed by atoms with Gasteiger partial charge in [0.2, 0.25) is 0 Å². The van der Waals surface area contributed by atoms with Gasteiger partial charge in [-0.1, -0.05) is 44.2 Å². The van der Waals surface area contributed by atoms with E-state index >= 15 is 0 Å². The predicted molar refractivity (Wildman–Crippen MR) is 84.3 cm³/mol. The highest BCUT2D eigenvalue weighted by atomic mass is 16.4. The van der Waals surface area contributed by atoms with Crippen molar-refractivity contribution >= 4 is 5.97 Å². The highest BCUT2D eigenvalue weighted by Crippen LogP contribution is 2.23. The van der Waals surface area contributed by atoms with Crippen LogP contribution in [0, 0.1) is 0 Å². The molecule has 1 rings (SSSR count). The lowest BCUT2D eigenvalue weighted by Crippen LogP contribution is -2.37. The number of aliphatic hydroxyl groups excluding tert-OH is 1. The van der Waals surface area contributed by atoms with Crippen LogP contribution in [0.5, 0.6) is 0 Å². The Morgan fingerprint density at radius 2 is 1.90 bits per heavy atom. The molecule has 3 N–H and O–H groups in total. The van der Waals surface area contributed by atoms with Crippen LogP contribution in [-0.4, -0.2) is 28.8 Å². The number of aliphatic carboxylic acids is 1. The van der Waals surface area contributed by atoms with Crippen molar-refractivity contribution in [2.75, 3.05) is 6.54 Å². The van der Waals surface area contributed by atoms with Gasteiger partial charge in [0.05, 0.1) is 12.5 Å². The second kappa shape index (κ2) is 8.60. The molecule has 0 radical (unpaired) electrons. The van der Waals surface area contributed by atoms with Crippen molar-refractivity contribution < 1.29 is 15.0 Å². The Hall–Kier alpha value is -1.65. The van der Waals surface area contributed by atoms with Crippen molar-refractivity contribution in [2.24, 2.45) is 0 Å². The molecule has 0 amide bonds. The molecule has 0 aliphatic heterocycles. The summed E-state index contributed by atoms with van der Waals surface area (Å²) in [6.07, 6.45) is 1.71. The van der Waals surface area contributed by atoms with Crippen LogP contribution in [0.15, 0.2) is 36.9 Å². The molecule has 4 nitrogen and oxygen atoms in total. The number of carboxylic acid groups (broad SMARTS) is 1. The summed E-state index contributed by atoms with van der Waals surface area (Å²) in [6.45, 7) is 8.34. The Morgan fingerprint density at radius 1 is 1.33 bits per heavy atom. The number of benzene rings is 1. The van der Waals surface area contributed by atoms with E-state index in [9.17, 15) is 9.90 Å². The molecule has 4 heteroatoms. The van der Waals surface area contributed by atoms with E-state index in [1.807, 2.05) is 24.3 Å². The fourth-order valence-corrected chi connectivity index (χ4v) is 2.21. The molecule has 0 bridgehead atoms. The molecule has 3 unspecified atom stereocenters. The summed E-state index contributed by atoms with van der Waals surface area (Å²) >= 11 is 0. The Kier molecular flexibility index (Phi) is 7.12. The van der Waals surface area contributed by atoms with Gasteiger partial charge in [-0.2, -0.15) is 0 Å². The second-order valence-electron chi connectivity index (χ2n) is 5.32. The molecule has 0 aromatic heterocycles. The van der Waals surface area contributed by atoms with Gasteiger partial charge in [-0.3, -0.25) is 4.79 Å². The van der Waals surface area contributed by atoms with Crippen molar-refractivity contribution in [3.63, 3.8) is 0 Å². The molecule has 1 aromatic rings. The van der Waals surface area contributed by atoms with Gasteiger partial charge in [0, 0.05) is 12.6 Å². The normalized spacial score (nSPS) is 15.2. The van der Waals surface area contributed by atoms with Crippen molar-refractivity contribution in [3.05, 3.63) is 48.0 Å². The van der Waals surface area contributed by atoms with Crippen LogP contribution in [0.1, 0.15) is 49.8 Å². The molecule has 0 aliphatic rings. The summed E-state index contributed by atoms with van der Waals surface area (Å²) in [5, 5.41) is 22.3. The molecule has 0 saturated heterocycles. The van der Waals surface area contributed by atoms with Crippen LogP contribution in [0.3, 0.4) is 0 Å². The lowest BCUT2D eigenvalue weighted by atomic mass is 9.94. The molecule has 21 heavy (non-hydrogen) atoms. The maximum absolute atomic E-state index is 10.9. The molecule has 116 valence electrons. The van der Waals surface area contributed by atoms with Gasteiger partial charge in [-0.25, -0.2) is 0 Å². The first kappa shape index (κ1) is 17.4. The summed E-state index contributed by atoms with van der Waals surface area (Å²) in [5.41, 5.74) is 1.95. The summed E-state index contributed by atoms with van der Waals surface area (Å²) in [5.74, 6) is -0.461. The van der Waals surface area contributed by atoms with Gasteiger partial charge in [-0.15, -0.1) is 6.58 Å². The SMILES string of the molecule is C=CCNC(CC(=O)O)C(O)c1ccc(C(C)CC)cc1. The van der Waals surface area contributed by atoms with Crippen molar-refractivity contribution in [1.82, 2.24) is 5.32 Å². The summed E-state index contributed by atoms with van der Waals surface area (Å²) < 4.78 is 0. The fraction of sp³-hybridized carbons (Fsp3) is 0.471. The predicted octanol–water partition coefficient (Wildman–Crippen LogP) is 2.85. The van der Waals surface area contributed by atoms with E-state index in [0.717, 1.165) is 12.0 Å². The Bertz CT molecular complexity index is 456. The lowest BCUT2D eigenvalue weighted by molar-refractivity contribution is -0.138. The minimum atomic E-state index is -0.938. The van der Waals surface area contributed by atoms with E-state index in [0.29, 0.717) is 12.5 Å². The quantitative estimate of drug-likeness (QED) is 0.612. The van der Waals surface area contributed by atoms with Crippen LogP contribution < -0.4 is 5.32 Å². The monoisotopic (exact) mass is 291 g/mol. The van der Waals surface area contributed by atoms with Gasteiger partial charge in [0.15, 0.2) is 0 Å². The third-order valence-corrected chi connectivity index (χ3v) is 3.76. The highest BCUT2D eigenvalue weighted by molar-refractivity contribution is 5.67. The zero-order valence-corrected chi connectivity index (χ0v) is 12.7. The van der Waals surface area contributed by atoms with E-state index < -0.39 is 18.1 Å². The minimum absolute atomic E-state index is 0.137. The molecular weight excluding hydrogens is 266 g/mol. The zero-order valence-electron chi connectivity index (χ0n) is 12.7. The van der Waals surface area contributed by atoms with Gasteiger partial charge < -0.3 is 15.5 Å². The molecular formula is C17H25NO3. The van der Waals surface area contributed by atoms with Gasteiger partial charge in [-0.05, 0) is 23.5 Å². The molecule has 0 aliphatic carbocycles. The average molecular weight is 291 g/mol. The lowest BCUT2D eigenvalue weighted by Gasteiger charge is -2.23. The molecule has 0 saturated carbocycles. The molecule has 1 aromatic carbocycles. The van der Waals surface area contributed by atoms with Gasteiger partial charge >= 0.3 is 5.97 Å². The van der Waals surface area contributed by atoms with Crippen molar-refractivity contribution in [2.45, 2.75) is 44.8 Å². The largest absolute Gasteiger partial charge is 0.481 e. The van der Waals surface area contributed by atoms with Crippen LogP contribution in [-0.2, 0) is 4.79 Å². The second-order valence-corrected chi connectivity index (χ2v) is 5.32. The Labute approximate surface area is 126 Å². The smallest absolute Gasteiger partial charge is 0.305 e. The molecule has 0 heterocycles. The average Bonchev–Trinajstić information content (AvgIpc) is 2.49. The van der Waals surface area contributed by atoms with E-state index in [1.54, 1.807) is 6.08 Å². The summed E-state index contributed by atoms with van der Waals surface area (Å²) in [7, 11) is 0. The molecule has 3 atom stereocenters. The number of rotatable bonds is 9. The van der Waals surface area contributed by atoms with Gasteiger partial charge in [0.1, 0.15) is 0 Å². The van der Waals surface area contributed by atoms with Crippen LogP contribution >= 0.6 is 0 Å². The molecule has 0 fully saturated rings.